The van der Waals surface area contributed by atoms with Gasteiger partial charge in [0.25, 0.3) is 11.4 Å². The molecule has 0 aliphatic carbocycles. The molecule has 1 N–H and O–H groups in total. The molecule has 0 radical (unpaired) electrons. The quantitative estimate of drug-likeness (QED) is 0.361. The average molecular weight is 257 g/mol. The largest absolute Gasteiger partial charge is 0.319 e. The second-order valence-electron chi connectivity index (χ2n) is 3.09. The highest BCUT2D eigenvalue weighted by Gasteiger charge is 2.24. The van der Waals surface area contributed by atoms with Gasteiger partial charge >= 0.3 is 0 Å². The number of benzene rings is 1. The van der Waals surface area contributed by atoms with Crippen molar-refractivity contribution in [1.29, 1.82) is 0 Å². The van der Waals surface area contributed by atoms with Gasteiger partial charge in [0.05, 0.1) is 9.85 Å². The molecule has 0 atom stereocenters. The Morgan fingerprint density at radius 2 is 1.76 bits per heavy atom. The topological polar surface area (TPSA) is 98.3 Å². The molecule has 0 bridgehead atoms. The Morgan fingerprint density at radius 1 is 1.24 bits per heavy atom. The Kier molecular flexibility index (Phi) is 4.85. The number of hydrogen-bond acceptors (Lipinski definition) is 6. The van der Waals surface area contributed by atoms with Crippen molar-refractivity contribution in [2.24, 2.45) is 0 Å². The van der Waals surface area contributed by atoms with Crippen molar-refractivity contribution in [2.45, 2.75) is 4.90 Å². The molecule has 0 aliphatic heterocycles. The number of nitrogens with one attached hydrogen (secondary N) is 1. The second-order valence-corrected chi connectivity index (χ2v) is 4.20. The summed E-state index contributed by atoms with van der Waals surface area (Å²) in [6.07, 6.45) is 0. The van der Waals surface area contributed by atoms with E-state index in [0.717, 1.165) is 11.8 Å². The zero-order chi connectivity index (χ0) is 12.8. The van der Waals surface area contributed by atoms with Gasteiger partial charge in [0, 0.05) is 24.4 Å². The van der Waals surface area contributed by atoms with Crippen LogP contribution >= 0.6 is 11.8 Å². The summed E-state index contributed by atoms with van der Waals surface area (Å²) in [6, 6.07) is 3.86. The number of nitro benzene ring substituents is 2. The molecule has 0 aromatic heterocycles. The van der Waals surface area contributed by atoms with E-state index in [-0.39, 0.29) is 16.3 Å². The van der Waals surface area contributed by atoms with Crippen LogP contribution in [-0.2, 0) is 0 Å². The molecular formula is C9H11N3O4S. The van der Waals surface area contributed by atoms with Gasteiger partial charge in [-0.05, 0) is 13.1 Å². The highest BCUT2D eigenvalue weighted by Crippen LogP contribution is 2.36. The molecule has 0 spiro atoms. The van der Waals surface area contributed by atoms with Gasteiger partial charge in [-0.2, -0.15) is 0 Å². The molecule has 0 amide bonds. The van der Waals surface area contributed by atoms with E-state index in [1.807, 2.05) is 0 Å². The van der Waals surface area contributed by atoms with E-state index in [0.29, 0.717) is 12.3 Å². The zero-order valence-corrected chi connectivity index (χ0v) is 9.90. The Balaban J connectivity index is 3.10. The molecule has 0 aliphatic rings. The minimum Gasteiger partial charge on any atom is -0.319 e. The highest BCUT2D eigenvalue weighted by molar-refractivity contribution is 7.99. The Labute approximate surface area is 102 Å². The first-order chi connectivity index (χ1) is 8.07. The lowest BCUT2D eigenvalue weighted by molar-refractivity contribution is -0.399. The molecule has 8 heteroatoms. The van der Waals surface area contributed by atoms with Crippen molar-refractivity contribution >= 4 is 23.1 Å². The van der Waals surface area contributed by atoms with Crippen LogP contribution in [0.1, 0.15) is 0 Å². The second kappa shape index (κ2) is 6.16. The molecule has 17 heavy (non-hydrogen) atoms. The van der Waals surface area contributed by atoms with Crippen LogP contribution in [0.4, 0.5) is 11.4 Å². The Morgan fingerprint density at radius 3 is 2.18 bits per heavy atom. The summed E-state index contributed by atoms with van der Waals surface area (Å²) < 4.78 is 0. The molecule has 0 saturated heterocycles. The van der Waals surface area contributed by atoms with E-state index in [1.165, 1.54) is 18.2 Å². The standard InChI is InChI=1S/C9H11N3O4S/c1-10-5-6-17-9-7(11(13)14)3-2-4-8(9)12(15)16/h2-4,10H,5-6H2,1H3. The van der Waals surface area contributed by atoms with Gasteiger partial charge in [-0.15, -0.1) is 11.8 Å². The van der Waals surface area contributed by atoms with E-state index in [2.05, 4.69) is 5.32 Å². The van der Waals surface area contributed by atoms with Crippen LogP contribution in [0.5, 0.6) is 0 Å². The van der Waals surface area contributed by atoms with Crippen LogP contribution in [-0.4, -0.2) is 29.2 Å². The third-order valence-corrected chi connectivity index (χ3v) is 3.08. The summed E-state index contributed by atoms with van der Waals surface area (Å²) in [6.45, 7) is 0.619. The fraction of sp³-hybridized carbons (Fsp3) is 0.333. The SMILES string of the molecule is CNCCSc1c([N+](=O)[O-])cccc1[N+](=O)[O-]. The molecular weight excluding hydrogens is 246 g/mol. The van der Waals surface area contributed by atoms with Gasteiger partial charge in [0.15, 0.2) is 4.90 Å². The maximum atomic E-state index is 10.8. The van der Waals surface area contributed by atoms with Crippen molar-refractivity contribution in [3.63, 3.8) is 0 Å². The molecule has 92 valence electrons. The van der Waals surface area contributed by atoms with E-state index in [9.17, 15) is 20.2 Å². The average Bonchev–Trinajstić information content (AvgIpc) is 2.28. The number of hydrogen-bond donors (Lipinski definition) is 1. The molecule has 0 unspecified atom stereocenters. The summed E-state index contributed by atoms with van der Waals surface area (Å²) in [4.78, 5) is 20.5. The first kappa shape index (κ1) is 13.4. The van der Waals surface area contributed by atoms with Crippen molar-refractivity contribution in [1.82, 2.24) is 5.32 Å². The van der Waals surface area contributed by atoms with Crippen molar-refractivity contribution < 1.29 is 9.85 Å². The number of rotatable bonds is 6. The Bertz CT molecular complexity index is 406. The predicted molar refractivity (Wildman–Crippen MR) is 64.4 cm³/mol. The monoisotopic (exact) mass is 257 g/mol. The third kappa shape index (κ3) is 3.40. The lowest BCUT2D eigenvalue weighted by Gasteiger charge is -2.03. The van der Waals surface area contributed by atoms with Crippen LogP contribution in [0.15, 0.2) is 23.1 Å². The lowest BCUT2D eigenvalue weighted by atomic mass is 10.3. The van der Waals surface area contributed by atoms with Crippen LogP contribution in [0.2, 0.25) is 0 Å². The van der Waals surface area contributed by atoms with Crippen molar-refractivity contribution in [2.75, 3.05) is 19.3 Å². The summed E-state index contributed by atoms with van der Waals surface area (Å²) >= 11 is 1.11. The van der Waals surface area contributed by atoms with Gasteiger partial charge in [-0.25, -0.2) is 0 Å². The van der Waals surface area contributed by atoms with Crippen LogP contribution in [0.25, 0.3) is 0 Å². The van der Waals surface area contributed by atoms with Crippen LogP contribution in [0.3, 0.4) is 0 Å². The number of nitrogens with zero attached hydrogens (tertiary/aromatic N) is 2. The van der Waals surface area contributed by atoms with Crippen LogP contribution in [0, 0.1) is 20.2 Å². The maximum absolute atomic E-state index is 10.8. The lowest BCUT2D eigenvalue weighted by Crippen LogP contribution is -2.10. The van der Waals surface area contributed by atoms with Crippen molar-refractivity contribution in [3.05, 3.63) is 38.4 Å². The number of thioether (sulfide) groups is 1. The van der Waals surface area contributed by atoms with E-state index >= 15 is 0 Å². The molecule has 1 aromatic rings. The normalized spacial score (nSPS) is 10.2. The summed E-state index contributed by atoms with van der Waals surface area (Å²) in [5.41, 5.74) is -0.444. The minimum atomic E-state index is -0.602. The van der Waals surface area contributed by atoms with Gasteiger partial charge in [0.2, 0.25) is 0 Å². The van der Waals surface area contributed by atoms with Crippen molar-refractivity contribution in [3.8, 4) is 0 Å². The van der Waals surface area contributed by atoms with E-state index < -0.39 is 9.85 Å². The number of nitro groups is 2. The maximum Gasteiger partial charge on any atom is 0.289 e. The first-order valence-corrected chi connectivity index (χ1v) is 5.75. The van der Waals surface area contributed by atoms with E-state index in [1.54, 1.807) is 7.05 Å². The molecule has 0 fully saturated rings. The van der Waals surface area contributed by atoms with Gasteiger partial charge in [-0.3, -0.25) is 20.2 Å². The summed E-state index contributed by atoms with van der Waals surface area (Å²) in [5.74, 6) is 0.530. The smallest absolute Gasteiger partial charge is 0.289 e. The van der Waals surface area contributed by atoms with Crippen LogP contribution < -0.4 is 5.32 Å². The van der Waals surface area contributed by atoms with E-state index in [4.69, 9.17) is 0 Å². The fourth-order valence-electron chi connectivity index (χ4n) is 1.20. The molecule has 1 aromatic carbocycles. The molecule has 0 heterocycles. The molecule has 0 saturated carbocycles. The van der Waals surface area contributed by atoms with Gasteiger partial charge < -0.3 is 5.32 Å². The minimum absolute atomic E-state index is 0.109. The first-order valence-electron chi connectivity index (χ1n) is 4.77. The Hall–Kier alpha value is -1.67. The molecule has 1 rings (SSSR count). The van der Waals surface area contributed by atoms with Gasteiger partial charge in [0.1, 0.15) is 0 Å². The van der Waals surface area contributed by atoms with Gasteiger partial charge in [-0.1, -0.05) is 0 Å². The zero-order valence-electron chi connectivity index (χ0n) is 9.08. The summed E-state index contributed by atoms with van der Waals surface area (Å²) in [7, 11) is 1.74. The summed E-state index contributed by atoms with van der Waals surface area (Å²) in [5, 5.41) is 24.4. The highest BCUT2D eigenvalue weighted by atomic mass is 32.2. The third-order valence-electron chi connectivity index (χ3n) is 1.97. The fourth-order valence-corrected chi connectivity index (χ4v) is 2.29. The predicted octanol–water partition coefficient (Wildman–Crippen LogP) is 1.81. The molecule has 7 nitrogen and oxygen atoms in total.